The number of anilines is 2. The van der Waals surface area contributed by atoms with Gasteiger partial charge in [0.1, 0.15) is 24.0 Å². The number of halogens is 1. The minimum atomic E-state index is -0.565. The summed E-state index contributed by atoms with van der Waals surface area (Å²) in [6.07, 6.45) is 4.18. The number of methoxy groups -OCH3 is 2. The number of nitrogens with two attached hydrogens (primary N) is 1. The lowest BCUT2D eigenvalue weighted by Gasteiger charge is -2.28. The maximum atomic E-state index is 13.6. The summed E-state index contributed by atoms with van der Waals surface area (Å²) in [5.41, 5.74) is 6.09. The number of aromatic nitrogens is 2. The van der Waals surface area contributed by atoms with Crippen LogP contribution in [0.4, 0.5) is 16.2 Å². The number of nitrogen functional groups attached to an aromatic ring is 1. The molecule has 0 amide bonds. The van der Waals surface area contributed by atoms with Crippen LogP contribution < -0.4 is 15.8 Å². The topological polar surface area (TPSA) is 126 Å². The van der Waals surface area contributed by atoms with Gasteiger partial charge < -0.3 is 25.3 Å². The molecule has 1 aromatic carbocycles. The van der Waals surface area contributed by atoms with E-state index in [4.69, 9.17) is 19.9 Å². The van der Waals surface area contributed by atoms with Gasteiger partial charge in [-0.3, -0.25) is 9.59 Å². The molecule has 0 bridgehead atoms. The Hall–Kier alpha value is -3.27. The van der Waals surface area contributed by atoms with Crippen LogP contribution in [0.3, 0.4) is 0 Å². The summed E-state index contributed by atoms with van der Waals surface area (Å²) in [5, 5.41) is 3.20. The fourth-order valence-electron chi connectivity index (χ4n) is 3.64. The molecule has 2 aromatic rings. The first kappa shape index (κ1) is 23.4. The van der Waals surface area contributed by atoms with Crippen LogP contribution in [0, 0.1) is 11.7 Å². The molecule has 1 saturated carbocycles. The number of nitrogens with one attached hydrogen (secondary N) is 1. The van der Waals surface area contributed by atoms with Crippen molar-refractivity contribution in [3.05, 3.63) is 41.3 Å². The molecule has 1 fully saturated rings. The maximum absolute atomic E-state index is 13.6. The van der Waals surface area contributed by atoms with Gasteiger partial charge >= 0.3 is 5.97 Å². The number of rotatable bonds is 9. The van der Waals surface area contributed by atoms with Crippen molar-refractivity contribution in [3.8, 4) is 5.75 Å². The summed E-state index contributed by atoms with van der Waals surface area (Å²) in [4.78, 5) is 33.3. The molecule has 1 aliphatic carbocycles. The molecule has 0 aliphatic heterocycles. The molecular weight excluding hydrogens is 419 g/mol. The third-order valence-electron chi connectivity index (χ3n) is 5.39. The average molecular weight is 446 g/mol. The second-order valence-corrected chi connectivity index (χ2v) is 7.52. The van der Waals surface area contributed by atoms with E-state index in [1.165, 1.54) is 25.4 Å². The van der Waals surface area contributed by atoms with Crippen LogP contribution in [0.2, 0.25) is 0 Å². The summed E-state index contributed by atoms with van der Waals surface area (Å²) >= 11 is 0. The van der Waals surface area contributed by atoms with Crippen molar-refractivity contribution in [2.45, 2.75) is 31.7 Å². The van der Waals surface area contributed by atoms with Gasteiger partial charge in [-0.1, -0.05) is 0 Å². The van der Waals surface area contributed by atoms with Crippen LogP contribution >= 0.6 is 0 Å². The first-order valence-corrected chi connectivity index (χ1v) is 10.4. The smallest absolute Gasteiger partial charge is 0.309 e. The van der Waals surface area contributed by atoms with Crippen LogP contribution in [0.15, 0.2) is 24.4 Å². The Morgan fingerprint density at radius 2 is 1.91 bits per heavy atom. The number of ketones is 1. The number of hydrogen-bond donors (Lipinski definition) is 2. The van der Waals surface area contributed by atoms with Crippen LogP contribution in [-0.4, -0.2) is 55.2 Å². The SMILES string of the molecule is COCCOC(=O)C1CCC(Nc2ncc(C(=O)c3cc(F)ccc3OC)c(N)n2)CC1. The largest absolute Gasteiger partial charge is 0.496 e. The van der Waals surface area contributed by atoms with E-state index in [0.717, 1.165) is 18.9 Å². The summed E-state index contributed by atoms with van der Waals surface area (Å²) < 4.78 is 28.8. The second-order valence-electron chi connectivity index (χ2n) is 7.52. The molecular formula is C22H27FN4O5. The normalized spacial score (nSPS) is 18.1. The monoisotopic (exact) mass is 446 g/mol. The lowest BCUT2D eigenvalue weighted by atomic mass is 9.86. The molecule has 0 spiro atoms. The number of carbonyl (C=O) groups is 2. The summed E-state index contributed by atoms with van der Waals surface area (Å²) in [6.45, 7) is 0.638. The van der Waals surface area contributed by atoms with Gasteiger partial charge in [-0.2, -0.15) is 4.98 Å². The van der Waals surface area contributed by atoms with Crippen molar-refractivity contribution in [2.75, 3.05) is 38.5 Å². The number of nitrogens with zero attached hydrogens (tertiary/aromatic N) is 2. The zero-order chi connectivity index (χ0) is 23.1. The molecule has 1 aromatic heterocycles. The molecule has 1 aliphatic rings. The van der Waals surface area contributed by atoms with E-state index in [0.29, 0.717) is 19.4 Å². The third kappa shape index (κ3) is 5.70. The van der Waals surface area contributed by atoms with Gasteiger partial charge in [0.25, 0.3) is 0 Å². The highest BCUT2D eigenvalue weighted by molar-refractivity contribution is 6.13. The Bertz CT molecular complexity index is 963. The van der Waals surface area contributed by atoms with Crippen molar-refractivity contribution in [1.29, 1.82) is 0 Å². The highest BCUT2D eigenvalue weighted by atomic mass is 19.1. The highest BCUT2D eigenvalue weighted by Gasteiger charge is 2.28. The quantitative estimate of drug-likeness (QED) is 0.339. The molecule has 9 nitrogen and oxygen atoms in total. The van der Waals surface area contributed by atoms with Crippen molar-refractivity contribution in [1.82, 2.24) is 9.97 Å². The van der Waals surface area contributed by atoms with Crippen LogP contribution in [-0.2, 0) is 14.3 Å². The van der Waals surface area contributed by atoms with Gasteiger partial charge in [-0.15, -0.1) is 0 Å². The molecule has 32 heavy (non-hydrogen) atoms. The summed E-state index contributed by atoms with van der Waals surface area (Å²) in [6, 6.07) is 3.74. The van der Waals surface area contributed by atoms with E-state index in [1.807, 2.05) is 0 Å². The number of carbonyl (C=O) groups excluding carboxylic acids is 2. The maximum Gasteiger partial charge on any atom is 0.309 e. The first-order chi connectivity index (χ1) is 15.4. The molecule has 0 saturated heterocycles. The van der Waals surface area contributed by atoms with E-state index in [1.54, 1.807) is 7.11 Å². The van der Waals surface area contributed by atoms with Crippen molar-refractivity contribution in [3.63, 3.8) is 0 Å². The molecule has 3 N–H and O–H groups in total. The zero-order valence-electron chi connectivity index (χ0n) is 18.1. The number of hydrogen-bond acceptors (Lipinski definition) is 9. The van der Waals surface area contributed by atoms with Gasteiger partial charge in [0.05, 0.1) is 30.8 Å². The predicted octanol–water partition coefficient (Wildman–Crippen LogP) is 2.60. The fourth-order valence-corrected chi connectivity index (χ4v) is 3.64. The molecule has 10 heteroatoms. The lowest BCUT2D eigenvalue weighted by Crippen LogP contribution is -2.31. The van der Waals surface area contributed by atoms with Crippen molar-refractivity contribution < 1.29 is 28.2 Å². The Balaban J connectivity index is 1.60. The number of esters is 1. The van der Waals surface area contributed by atoms with Gasteiger partial charge in [-0.05, 0) is 43.9 Å². The Morgan fingerprint density at radius 3 is 2.56 bits per heavy atom. The third-order valence-corrected chi connectivity index (χ3v) is 5.39. The van der Waals surface area contributed by atoms with Gasteiger partial charge in [0.15, 0.2) is 0 Å². The van der Waals surface area contributed by atoms with E-state index in [-0.39, 0.29) is 53.2 Å². The molecule has 1 heterocycles. The Labute approximate surface area is 185 Å². The summed E-state index contributed by atoms with van der Waals surface area (Å²) in [7, 11) is 2.95. The molecule has 172 valence electrons. The van der Waals surface area contributed by atoms with Crippen molar-refractivity contribution >= 4 is 23.5 Å². The second kappa shape index (κ2) is 10.9. The zero-order valence-corrected chi connectivity index (χ0v) is 18.1. The van der Waals surface area contributed by atoms with Gasteiger partial charge in [0.2, 0.25) is 11.7 Å². The van der Waals surface area contributed by atoms with Crippen LogP contribution in [0.1, 0.15) is 41.6 Å². The first-order valence-electron chi connectivity index (χ1n) is 10.4. The molecule has 0 atom stereocenters. The minimum Gasteiger partial charge on any atom is -0.496 e. The standard InChI is InChI=1S/C22H27FN4O5/c1-30-9-10-32-21(29)13-3-6-15(7-4-13)26-22-25-12-17(20(24)27-22)19(28)16-11-14(23)5-8-18(16)31-2/h5,8,11-13,15H,3-4,6-7,9-10H2,1-2H3,(H3,24,25,26,27). The Morgan fingerprint density at radius 1 is 1.16 bits per heavy atom. The predicted molar refractivity (Wildman–Crippen MR) is 115 cm³/mol. The van der Waals surface area contributed by atoms with E-state index >= 15 is 0 Å². The summed E-state index contributed by atoms with van der Waals surface area (Å²) in [5.74, 6) is -0.919. The average Bonchev–Trinajstić information content (AvgIpc) is 2.79. The lowest BCUT2D eigenvalue weighted by molar-refractivity contribution is -0.150. The molecule has 3 rings (SSSR count). The van der Waals surface area contributed by atoms with E-state index in [9.17, 15) is 14.0 Å². The molecule has 0 unspecified atom stereocenters. The minimum absolute atomic E-state index is 0.0192. The van der Waals surface area contributed by atoms with Gasteiger partial charge in [0, 0.05) is 19.3 Å². The molecule has 0 radical (unpaired) electrons. The number of benzene rings is 1. The van der Waals surface area contributed by atoms with E-state index in [2.05, 4.69) is 15.3 Å². The fraction of sp³-hybridized carbons (Fsp3) is 0.455. The number of ether oxygens (including phenoxy) is 3. The Kier molecular flexibility index (Phi) is 7.93. The highest BCUT2D eigenvalue weighted by Crippen LogP contribution is 2.28. The van der Waals surface area contributed by atoms with E-state index < -0.39 is 11.6 Å². The van der Waals surface area contributed by atoms with Crippen LogP contribution in [0.5, 0.6) is 5.75 Å². The van der Waals surface area contributed by atoms with Gasteiger partial charge in [-0.25, -0.2) is 9.37 Å². The van der Waals surface area contributed by atoms with Crippen LogP contribution in [0.25, 0.3) is 0 Å². The van der Waals surface area contributed by atoms with Crippen molar-refractivity contribution in [2.24, 2.45) is 5.92 Å².